The minimum atomic E-state index is -0.467. The number of nitrogens with zero attached hydrogens (tertiary/aromatic N) is 1. The number of rotatable bonds is 3. The van der Waals surface area contributed by atoms with Gasteiger partial charge in [0, 0.05) is 13.1 Å². The highest BCUT2D eigenvalue weighted by molar-refractivity contribution is 5.95. The second-order valence-electron chi connectivity index (χ2n) is 4.80. The van der Waals surface area contributed by atoms with Gasteiger partial charge >= 0.3 is 6.03 Å². The van der Waals surface area contributed by atoms with E-state index in [1.165, 1.54) is 18.2 Å². The highest BCUT2D eigenvalue weighted by atomic mass is 16.2. The Morgan fingerprint density at radius 3 is 2.84 bits per heavy atom. The predicted octanol–water partition coefficient (Wildman–Crippen LogP) is 1.06. The van der Waals surface area contributed by atoms with Gasteiger partial charge in [0.05, 0.1) is 6.54 Å². The molecule has 0 radical (unpaired) electrons. The van der Waals surface area contributed by atoms with Gasteiger partial charge in [-0.2, -0.15) is 0 Å². The smallest absolute Gasteiger partial charge is 0.321 e. The molecule has 19 heavy (non-hydrogen) atoms. The van der Waals surface area contributed by atoms with Crippen molar-refractivity contribution in [3.63, 3.8) is 0 Å². The standard InChI is InChI=1S/C14H19N3O2/c1-15-14(19)16-13(18)9-17(2)12-8-7-10-5-3-4-6-11(10)12/h3-6,12H,7-9H2,1-2H3,(H2,15,16,18,19). The molecule has 1 unspecified atom stereocenters. The molecule has 2 N–H and O–H groups in total. The largest absolute Gasteiger partial charge is 0.341 e. The Balaban J connectivity index is 1.96. The van der Waals surface area contributed by atoms with E-state index in [4.69, 9.17) is 0 Å². The Bertz CT molecular complexity index is 487. The van der Waals surface area contributed by atoms with E-state index >= 15 is 0 Å². The monoisotopic (exact) mass is 261 g/mol. The van der Waals surface area contributed by atoms with E-state index in [-0.39, 0.29) is 18.5 Å². The summed E-state index contributed by atoms with van der Waals surface area (Å²) in [6.45, 7) is 0.215. The number of nitrogens with one attached hydrogen (secondary N) is 2. The first-order chi connectivity index (χ1) is 9.11. The van der Waals surface area contributed by atoms with Gasteiger partial charge in [0.15, 0.2) is 0 Å². The normalized spacial score (nSPS) is 17.1. The second-order valence-corrected chi connectivity index (χ2v) is 4.80. The zero-order valence-corrected chi connectivity index (χ0v) is 11.3. The van der Waals surface area contributed by atoms with Crippen LogP contribution in [0, 0.1) is 0 Å². The Morgan fingerprint density at radius 2 is 2.11 bits per heavy atom. The summed E-state index contributed by atoms with van der Waals surface area (Å²) in [4.78, 5) is 24.7. The van der Waals surface area contributed by atoms with Crippen molar-refractivity contribution in [1.82, 2.24) is 15.5 Å². The molecule has 1 aliphatic carbocycles. The topological polar surface area (TPSA) is 61.4 Å². The number of hydrogen-bond acceptors (Lipinski definition) is 3. The average molecular weight is 261 g/mol. The summed E-state index contributed by atoms with van der Waals surface area (Å²) in [5, 5.41) is 4.64. The molecule has 0 spiro atoms. The van der Waals surface area contributed by atoms with Gasteiger partial charge in [-0.15, -0.1) is 0 Å². The van der Waals surface area contributed by atoms with Crippen LogP contribution < -0.4 is 10.6 Å². The van der Waals surface area contributed by atoms with E-state index in [9.17, 15) is 9.59 Å². The Morgan fingerprint density at radius 1 is 1.37 bits per heavy atom. The maximum atomic E-state index is 11.7. The van der Waals surface area contributed by atoms with Gasteiger partial charge in [-0.25, -0.2) is 4.79 Å². The van der Waals surface area contributed by atoms with Gasteiger partial charge in [0.1, 0.15) is 0 Å². The van der Waals surface area contributed by atoms with Gasteiger partial charge in [-0.3, -0.25) is 15.0 Å². The van der Waals surface area contributed by atoms with Crippen LogP contribution >= 0.6 is 0 Å². The molecule has 102 valence electrons. The van der Waals surface area contributed by atoms with E-state index < -0.39 is 6.03 Å². The minimum absolute atomic E-state index is 0.215. The van der Waals surface area contributed by atoms with Crippen molar-refractivity contribution >= 4 is 11.9 Å². The molecule has 0 aliphatic heterocycles. The Hall–Kier alpha value is -1.88. The lowest BCUT2D eigenvalue weighted by molar-refractivity contribution is -0.121. The van der Waals surface area contributed by atoms with Crippen LogP contribution in [0.25, 0.3) is 0 Å². The molecule has 0 saturated heterocycles. The quantitative estimate of drug-likeness (QED) is 0.855. The van der Waals surface area contributed by atoms with Gasteiger partial charge in [0.25, 0.3) is 0 Å². The van der Waals surface area contributed by atoms with Crippen LogP contribution in [-0.4, -0.2) is 37.5 Å². The number of fused-ring (bicyclic) bond motifs is 1. The molecule has 1 atom stereocenters. The fourth-order valence-electron chi connectivity index (χ4n) is 2.56. The molecule has 0 bridgehead atoms. The third-order valence-corrected chi connectivity index (χ3v) is 3.51. The molecule has 1 aromatic carbocycles. The van der Waals surface area contributed by atoms with Crippen LogP contribution in [-0.2, 0) is 11.2 Å². The van der Waals surface area contributed by atoms with E-state index in [1.54, 1.807) is 0 Å². The maximum absolute atomic E-state index is 11.7. The number of likely N-dealkylation sites (N-methyl/N-ethyl adjacent to an activating group) is 1. The highest BCUT2D eigenvalue weighted by Gasteiger charge is 2.26. The summed E-state index contributed by atoms with van der Waals surface area (Å²) >= 11 is 0. The number of carbonyl (C=O) groups is 2. The molecule has 0 aromatic heterocycles. The van der Waals surface area contributed by atoms with Gasteiger partial charge < -0.3 is 5.32 Å². The lowest BCUT2D eigenvalue weighted by Crippen LogP contribution is -2.43. The maximum Gasteiger partial charge on any atom is 0.321 e. The highest BCUT2D eigenvalue weighted by Crippen LogP contribution is 2.34. The van der Waals surface area contributed by atoms with Crippen molar-refractivity contribution in [2.24, 2.45) is 0 Å². The van der Waals surface area contributed by atoms with E-state index in [1.807, 2.05) is 24.1 Å². The molecule has 0 fully saturated rings. The summed E-state index contributed by atoms with van der Waals surface area (Å²) in [5.41, 5.74) is 2.64. The zero-order chi connectivity index (χ0) is 13.8. The molecular formula is C14H19N3O2. The molecule has 5 heteroatoms. The van der Waals surface area contributed by atoms with Gasteiger partial charge in [-0.05, 0) is 31.0 Å². The zero-order valence-electron chi connectivity index (χ0n) is 11.3. The summed E-state index contributed by atoms with van der Waals surface area (Å²) in [5.74, 6) is -0.286. The summed E-state index contributed by atoms with van der Waals surface area (Å²) in [6, 6.07) is 8.10. The van der Waals surface area contributed by atoms with Crippen LogP contribution in [0.5, 0.6) is 0 Å². The summed E-state index contributed by atoms with van der Waals surface area (Å²) in [6.07, 6.45) is 2.06. The number of amides is 3. The van der Waals surface area contributed by atoms with Crippen LogP contribution in [0.2, 0.25) is 0 Å². The molecule has 1 aromatic rings. The van der Waals surface area contributed by atoms with Crippen molar-refractivity contribution in [3.05, 3.63) is 35.4 Å². The van der Waals surface area contributed by atoms with Crippen molar-refractivity contribution in [1.29, 1.82) is 0 Å². The summed E-state index contributed by atoms with van der Waals surface area (Å²) < 4.78 is 0. The fraction of sp³-hybridized carbons (Fsp3) is 0.429. The van der Waals surface area contributed by atoms with Gasteiger partial charge in [0.2, 0.25) is 5.91 Å². The number of benzene rings is 1. The van der Waals surface area contributed by atoms with Crippen molar-refractivity contribution in [2.45, 2.75) is 18.9 Å². The van der Waals surface area contributed by atoms with Crippen LogP contribution in [0.15, 0.2) is 24.3 Å². The first-order valence-electron chi connectivity index (χ1n) is 6.41. The molecular weight excluding hydrogens is 242 g/mol. The van der Waals surface area contributed by atoms with Crippen molar-refractivity contribution < 1.29 is 9.59 Å². The lowest BCUT2D eigenvalue weighted by Gasteiger charge is -2.24. The number of aryl methyl sites for hydroxylation is 1. The molecule has 1 aliphatic rings. The Kier molecular flexibility index (Phi) is 4.16. The number of urea groups is 1. The van der Waals surface area contributed by atoms with Crippen LogP contribution in [0.1, 0.15) is 23.6 Å². The minimum Gasteiger partial charge on any atom is -0.341 e. The molecule has 5 nitrogen and oxygen atoms in total. The second kappa shape index (κ2) is 5.84. The number of imide groups is 1. The third-order valence-electron chi connectivity index (χ3n) is 3.51. The fourth-order valence-corrected chi connectivity index (χ4v) is 2.56. The average Bonchev–Trinajstić information content (AvgIpc) is 2.82. The number of carbonyl (C=O) groups excluding carboxylic acids is 2. The Labute approximate surface area is 113 Å². The van der Waals surface area contributed by atoms with Crippen LogP contribution in [0.4, 0.5) is 4.79 Å². The third kappa shape index (κ3) is 3.12. The molecule has 0 saturated carbocycles. The van der Waals surface area contributed by atoms with Crippen molar-refractivity contribution in [2.75, 3.05) is 20.6 Å². The first-order valence-corrected chi connectivity index (χ1v) is 6.41. The van der Waals surface area contributed by atoms with E-state index in [0.717, 1.165) is 12.8 Å². The van der Waals surface area contributed by atoms with E-state index in [2.05, 4.69) is 22.8 Å². The number of hydrogen-bond donors (Lipinski definition) is 2. The lowest BCUT2D eigenvalue weighted by atomic mass is 10.1. The van der Waals surface area contributed by atoms with Crippen molar-refractivity contribution in [3.8, 4) is 0 Å². The van der Waals surface area contributed by atoms with Crippen LogP contribution in [0.3, 0.4) is 0 Å². The van der Waals surface area contributed by atoms with Gasteiger partial charge in [-0.1, -0.05) is 24.3 Å². The molecule has 0 heterocycles. The molecule has 2 rings (SSSR count). The summed E-state index contributed by atoms with van der Waals surface area (Å²) in [7, 11) is 3.40. The predicted molar refractivity (Wildman–Crippen MR) is 72.7 cm³/mol. The van der Waals surface area contributed by atoms with E-state index in [0.29, 0.717) is 0 Å². The molecule has 3 amide bonds. The SMILES string of the molecule is CNC(=O)NC(=O)CN(C)C1CCc2ccccc21. The first kappa shape index (κ1) is 13.5.